The van der Waals surface area contributed by atoms with E-state index in [1.54, 1.807) is 31.2 Å². The highest BCUT2D eigenvalue weighted by Gasteiger charge is 2.20. The lowest BCUT2D eigenvalue weighted by molar-refractivity contribution is 0.0944. The number of aryl methyl sites for hydroxylation is 1. The quantitative estimate of drug-likeness (QED) is 0.825. The van der Waals surface area contributed by atoms with Gasteiger partial charge >= 0.3 is 0 Å². The van der Waals surface area contributed by atoms with Crippen molar-refractivity contribution in [3.63, 3.8) is 0 Å². The maximum absolute atomic E-state index is 12.2. The van der Waals surface area contributed by atoms with Crippen molar-refractivity contribution in [1.29, 1.82) is 0 Å². The zero-order valence-electron chi connectivity index (χ0n) is 11.4. The average Bonchev–Trinajstić information content (AvgIpc) is 2.48. The van der Waals surface area contributed by atoms with Gasteiger partial charge in [0.25, 0.3) is 15.9 Å². The Kier molecular flexibility index (Phi) is 5.08. The Hall–Kier alpha value is -1.60. The number of halogens is 2. The average molecular weight is 359 g/mol. The highest BCUT2D eigenvalue weighted by Crippen LogP contribution is 2.24. The molecule has 0 aliphatic carbocycles. The van der Waals surface area contributed by atoms with Gasteiger partial charge in [0.15, 0.2) is 0 Å². The van der Waals surface area contributed by atoms with Crippen LogP contribution < -0.4 is 10.3 Å². The minimum Gasteiger partial charge on any atom is -0.273 e. The van der Waals surface area contributed by atoms with E-state index in [9.17, 15) is 13.2 Å². The maximum atomic E-state index is 12.2. The SMILES string of the molecule is Cc1ccccc1C(=O)NNS(=O)(=O)c1cc(Cl)ccc1Cl. The highest BCUT2D eigenvalue weighted by molar-refractivity contribution is 7.89. The van der Waals surface area contributed by atoms with Gasteiger partial charge in [-0.15, -0.1) is 4.83 Å². The van der Waals surface area contributed by atoms with E-state index >= 15 is 0 Å². The van der Waals surface area contributed by atoms with Gasteiger partial charge in [0.05, 0.1) is 5.02 Å². The van der Waals surface area contributed by atoms with Crippen LogP contribution in [0.1, 0.15) is 15.9 Å². The second-order valence-electron chi connectivity index (χ2n) is 4.45. The molecule has 116 valence electrons. The van der Waals surface area contributed by atoms with Gasteiger partial charge in [-0.3, -0.25) is 10.2 Å². The van der Waals surface area contributed by atoms with Gasteiger partial charge in [-0.05, 0) is 36.8 Å². The fraction of sp³-hybridized carbons (Fsp3) is 0.0714. The first-order valence-corrected chi connectivity index (χ1v) is 8.38. The Balaban J connectivity index is 2.18. The monoisotopic (exact) mass is 358 g/mol. The molecule has 0 heterocycles. The maximum Gasteiger partial charge on any atom is 0.266 e. The number of sulfonamides is 1. The summed E-state index contributed by atoms with van der Waals surface area (Å²) < 4.78 is 24.3. The Morgan fingerprint density at radius 1 is 1.09 bits per heavy atom. The lowest BCUT2D eigenvalue weighted by Crippen LogP contribution is -2.41. The van der Waals surface area contributed by atoms with Crippen LogP contribution in [-0.2, 0) is 10.0 Å². The first-order chi connectivity index (χ1) is 10.3. The Bertz CT molecular complexity index is 823. The van der Waals surface area contributed by atoms with E-state index in [0.29, 0.717) is 5.56 Å². The third-order valence-corrected chi connectivity index (χ3v) is 4.84. The Labute approximate surface area is 138 Å². The minimum atomic E-state index is -4.03. The molecule has 5 nitrogen and oxygen atoms in total. The minimum absolute atomic E-state index is 0.00189. The fourth-order valence-electron chi connectivity index (χ4n) is 1.75. The predicted molar refractivity (Wildman–Crippen MR) is 85.4 cm³/mol. The molecule has 1 amide bonds. The molecule has 0 aliphatic heterocycles. The van der Waals surface area contributed by atoms with E-state index in [1.807, 2.05) is 4.83 Å². The molecule has 0 bridgehead atoms. The van der Waals surface area contributed by atoms with Crippen LogP contribution in [0.3, 0.4) is 0 Å². The number of nitrogens with one attached hydrogen (secondary N) is 2. The second-order valence-corrected chi connectivity index (χ2v) is 6.94. The summed E-state index contributed by atoms with van der Waals surface area (Å²) >= 11 is 11.6. The van der Waals surface area contributed by atoms with Crippen molar-refractivity contribution in [3.05, 3.63) is 63.6 Å². The van der Waals surface area contributed by atoms with Crippen LogP contribution in [0.2, 0.25) is 10.0 Å². The van der Waals surface area contributed by atoms with Gasteiger partial charge in [0.1, 0.15) is 4.90 Å². The smallest absolute Gasteiger partial charge is 0.266 e. The van der Waals surface area contributed by atoms with Crippen LogP contribution in [0.25, 0.3) is 0 Å². The van der Waals surface area contributed by atoms with Crippen molar-refractivity contribution in [1.82, 2.24) is 10.3 Å². The first-order valence-electron chi connectivity index (χ1n) is 6.14. The number of benzene rings is 2. The third kappa shape index (κ3) is 3.78. The van der Waals surface area contributed by atoms with Crippen molar-refractivity contribution in [3.8, 4) is 0 Å². The number of hydrogen-bond acceptors (Lipinski definition) is 3. The van der Waals surface area contributed by atoms with E-state index < -0.39 is 15.9 Å². The van der Waals surface area contributed by atoms with E-state index in [-0.39, 0.29) is 14.9 Å². The van der Waals surface area contributed by atoms with Crippen molar-refractivity contribution < 1.29 is 13.2 Å². The van der Waals surface area contributed by atoms with Crippen molar-refractivity contribution >= 4 is 39.1 Å². The van der Waals surface area contributed by atoms with Crippen LogP contribution in [0.15, 0.2) is 47.4 Å². The molecule has 0 spiro atoms. The van der Waals surface area contributed by atoms with E-state index in [1.165, 1.54) is 18.2 Å². The molecule has 0 atom stereocenters. The number of hydrazine groups is 1. The molecule has 0 unspecified atom stereocenters. The molecular weight excluding hydrogens is 347 g/mol. The molecule has 2 aromatic carbocycles. The molecule has 0 fully saturated rings. The largest absolute Gasteiger partial charge is 0.273 e. The normalized spacial score (nSPS) is 11.2. The molecule has 22 heavy (non-hydrogen) atoms. The van der Waals surface area contributed by atoms with Crippen molar-refractivity contribution in [2.24, 2.45) is 0 Å². The number of hydrogen-bond donors (Lipinski definition) is 2. The van der Waals surface area contributed by atoms with Crippen LogP contribution in [0, 0.1) is 6.92 Å². The first kappa shape index (κ1) is 16.8. The molecule has 2 rings (SSSR count). The fourth-order valence-corrected chi connectivity index (χ4v) is 3.35. The molecule has 2 N–H and O–H groups in total. The van der Waals surface area contributed by atoms with Crippen molar-refractivity contribution in [2.45, 2.75) is 11.8 Å². The summed E-state index contributed by atoms with van der Waals surface area (Å²) in [4.78, 5) is 13.8. The molecule has 2 aromatic rings. The van der Waals surface area contributed by atoms with Gasteiger partial charge in [0.2, 0.25) is 0 Å². The zero-order valence-corrected chi connectivity index (χ0v) is 13.8. The molecule has 0 radical (unpaired) electrons. The van der Waals surface area contributed by atoms with Gasteiger partial charge in [0, 0.05) is 10.6 Å². The summed E-state index contributed by atoms with van der Waals surface area (Å²) in [5.41, 5.74) is 3.23. The molecular formula is C14H12Cl2N2O3S. The van der Waals surface area contributed by atoms with Gasteiger partial charge in [-0.2, -0.15) is 0 Å². The lowest BCUT2D eigenvalue weighted by atomic mass is 10.1. The van der Waals surface area contributed by atoms with Crippen LogP contribution in [0.5, 0.6) is 0 Å². The third-order valence-electron chi connectivity index (χ3n) is 2.87. The number of amides is 1. The van der Waals surface area contributed by atoms with Crippen LogP contribution in [0.4, 0.5) is 0 Å². The number of carbonyl (C=O) groups excluding carboxylic acids is 1. The topological polar surface area (TPSA) is 75.3 Å². The molecule has 0 saturated heterocycles. The Morgan fingerprint density at radius 2 is 1.77 bits per heavy atom. The summed E-state index contributed by atoms with van der Waals surface area (Å²) in [7, 11) is -4.03. The summed E-state index contributed by atoms with van der Waals surface area (Å²) in [5, 5.41) is 0.219. The van der Waals surface area contributed by atoms with E-state index in [4.69, 9.17) is 23.2 Å². The summed E-state index contributed by atoms with van der Waals surface area (Å²) in [5.74, 6) is -0.570. The van der Waals surface area contributed by atoms with Gasteiger partial charge < -0.3 is 0 Å². The summed E-state index contributed by atoms with van der Waals surface area (Å²) in [6.45, 7) is 1.75. The lowest BCUT2D eigenvalue weighted by Gasteiger charge is -2.11. The highest BCUT2D eigenvalue weighted by atomic mass is 35.5. The second kappa shape index (κ2) is 6.66. The zero-order chi connectivity index (χ0) is 16.3. The predicted octanol–water partition coefficient (Wildman–Crippen LogP) is 2.93. The van der Waals surface area contributed by atoms with Crippen molar-refractivity contribution in [2.75, 3.05) is 0 Å². The van der Waals surface area contributed by atoms with E-state index in [2.05, 4.69) is 5.43 Å². The van der Waals surface area contributed by atoms with Crippen LogP contribution in [-0.4, -0.2) is 14.3 Å². The molecule has 0 aliphatic rings. The summed E-state index contributed by atoms with van der Waals surface area (Å²) in [6, 6.07) is 10.8. The molecule has 0 aromatic heterocycles. The number of carbonyl (C=O) groups is 1. The van der Waals surface area contributed by atoms with Gasteiger partial charge in [-0.1, -0.05) is 41.4 Å². The molecule has 8 heteroatoms. The molecule has 0 saturated carbocycles. The number of rotatable bonds is 4. The Morgan fingerprint density at radius 3 is 2.45 bits per heavy atom. The van der Waals surface area contributed by atoms with Crippen LogP contribution >= 0.6 is 23.2 Å². The van der Waals surface area contributed by atoms with Gasteiger partial charge in [-0.25, -0.2) is 8.42 Å². The summed E-state index contributed by atoms with van der Waals surface area (Å²) in [6.07, 6.45) is 0. The van der Waals surface area contributed by atoms with E-state index in [0.717, 1.165) is 5.56 Å². The standard InChI is InChI=1S/C14H12Cl2N2O3S/c1-9-4-2-3-5-11(9)14(19)17-18-22(20,21)13-8-10(15)6-7-12(13)16/h2-8,18H,1H3,(H,17,19).